The first-order chi connectivity index (χ1) is 11.6. The van der Waals surface area contributed by atoms with Crippen LogP contribution in [-0.4, -0.2) is 36.3 Å². The zero-order chi connectivity index (χ0) is 17.4. The standard InChI is InChI=1S/C20H25NO2S/c1-4-21(15-19-11-10-18(24-19)9-6-13-22)12-14-23-20-16(2)7-5-8-17(20)3/h5,7-8,10-11,22H,4,12-15H2,1-3H3. The molecule has 0 aliphatic carbocycles. The first-order valence-corrected chi connectivity index (χ1v) is 9.05. The molecule has 0 saturated carbocycles. The Morgan fingerprint density at radius 2 is 1.92 bits per heavy atom. The van der Waals surface area contributed by atoms with Gasteiger partial charge in [0.05, 0.1) is 4.88 Å². The van der Waals surface area contributed by atoms with Crippen molar-refractivity contribution in [3.63, 3.8) is 0 Å². The quantitative estimate of drug-likeness (QED) is 0.780. The summed E-state index contributed by atoms with van der Waals surface area (Å²) in [5.74, 6) is 6.65. The number of hydrogen-bond donors (Lipinski definition) is 1. The van der Waals surface area contributed by atoms with Gasteiger partial charge in [-0.25, -0.2) is 0 Å². The van der Waals surface area contributed by atoms with Gasteiger partial charge in [-0.3, -0.25) is 4.90 Å². The highest BCUT2D eigenvalue weighted by molar-refractivity contribution is 7.12. The molecular weight excluding hydrogens is 318 g/mol. The molecule has 0 fully saturated rings. The molecule has 0 aliphatic heterocycles. The molecule has 0 aliphatic rings. The van der Waals surface area contributed by atoms with Crippen LogP contribution in [0.3, 0.4) is 0 Å². The Morgan fingerprint density at radius 1 is 1.17 bits per heavy atom. The van der Waals surface area contributed by atoms with Crippen molar-refractivity contribution >= 4 is 11.3 Å². The summed E-state index contributed by atoms with van der Waals surface area (Å²) in [4.78, 5) is 4.65. The fraction of sp³-hybridized carbons (Fsp3) is 0.400. The number of benzene rings is 1. The van der Waals surface area contributed by atoms with Crippen LogP contribution in [-0.2, 0) is 6.54 Å². The molecule has 0 bridgehead atoms. The molecule has 1 heterocycles. The molecule has 0 unspecified atom stereocenters. The van der Waals surface area contributed by atoms with E-state index in [9.17, 15) is 0 Å². The average Bonchev–Trinajstić information content (AvgIpc) is 3.02. The van der Waals surface area contributed by atoms with Crippen LogP contribution in [0.5, 0.6) is 5.75 Å². The van der Waals surface area contributed by atoms with E-state index < -0.39 is 0 Å². The predicted octanol–water partition coefficient (Wildman–Crippen LogP) is 3.61. The zero-order valence-electron chi connectivity index (χ0n) is 14.6. The van der Waals surface area contributed by atoms with Gasteiger partial charge in [0.25, 0.3) is 0 Å². The molecule has 1 aromatic carbocycles. The van der Waals surface area contributed by atoms with Crippen molar-refractivity contribution in [1.82, 2.24) is 4.90 Å². The number of hydrogen-bond acceptors (Lipinski definition) is 4. The monoisotopic (exact) mass is 343 g/mol. The highest BCUT2D eigenvalue weighted by atomic mass is 32.1. The highest BCUT2D eigenvalue weighted by Gasteiger charge is 2.08. The van der Waals surface area contributed by atoms with Crippen LogP contribution in [0.4, 0.5) is 0 Å². The van der Waals surface area contributed by atoms with E-state index in [4.69, 9.17) is 9.84 Å². The lowest BCUT2D eigenvalue weighted by Gasteiger charge is -2.20. The summed E-state index contributed by atoms with van der Waals surface area (Å²) in [5.41, 5.74) is 2.37. The Kier molecular flexibility index (Phi) is 7.33. The minimum Gasteiger partial charge on any atom is -0.492 e. The lowest BCUT2D eigenvalue weighted by atomic mass is 10.1. The van der Waals surface area contributed by atoms with Crippen LogP contribution in [0.15, 0.2) is 30.3 Å². The van der Waals surface area contributed by atoms with E-state index in [2.05, 4.69) is 61.8 Å². The van der Waals surface area contributed by atoms with Crippen LogP contribution in [0, 0.1) is 25.7 Å². The average molecular weight is 343 g/mol. The Hall–Kier alpha value is -1.80. The van der Waals surface area contributed by atoms with Crippen molar-refractivity contribution in [1.29, 1.82) is 0 Å². The molecule has 0 radical (unpaired) electrons. The molecule has 1 aromatic heterocycles. The second-order valence-corrected chi connectivity index (χ2v) is 6.83. The molecule has 0 atom stereocenters. The number of nitrogens with zero attached hydrogens (tertiary/aromatic N) is 1. The number of para-hydroxylation sites is 1. The van der Waals surface area contributed by atoms with Gasteiger partial charge in [0.15, 0.2) is 0 Å². The lowest BCUT2D eigenvalue weighted by molar-refractivity contribution is 0.210. The molecule has 128 valence electrons. The predicted molar refractivity (Wildman–Crippen MR) is 101 cm³/mol. The molecule has 4 heteroatoms. The highest BCUT2D eigenvalue weighted by Crippen LogP contribution is 2.22. The Labute approximate surface area is 148 Å². The first-order valence-electron chi connectivity index (χ1n) is 8.23. The van der Waals surface area contributed by atoms with Gasteiger partial charge in [-0.1, -0.05) is 37.0 Å². The molecule has 2 aromatic rings. The maximum Gasteiger partial charge on any atom is 0.125 e. The zero-order valence-corrected chi connectivity index (χ0v) is 15.4. The van der Waals surface area contributed by atoms with Gasteiger partial charge in [-0.15, -0.1) is 11.3 Å². The summed E-state index contributed by atoms with van der Waals surface area (Å²) in [6.45, 7) is 9.69. The Morgan fingerprint density at radius 3 is 2.58 bits per heavy atom. The molecule has 0 amide bonds. The van der Waals surface area contributed by atoms with Gasteiger partial charge in [0.2, 0.25) is 0 Å². The lowest BCUT2D eigenvalue weighted by Crippen LogP contribution is -2.27. The van der Waals surface area contributed by atoms with Gasteiger partial charge in [-0.05, 0) is 43.7 Å². The molecule has 1 N–H and O–H groups in total. The van der Waals surface area contributed by atoms with E-state index in [0.29, 0.717) is 6.61 Å². The van der Waals surface area contributed by atoms with Gasteiger partial charge < -0.3 is 9.84 Å². The van der Waals surface area contributed by atoms with E-state index in [1.54, 1.807) is 11.3 Å². The largest absolute Gasteiger partial charge is 0.492 e. The summed E-state index contributed by atoms with van der Waals surface area (Å²) in [6.07, 6.45) is 0. The molecule has 0 spiro atoms. The van der Waals surface area contributed by atoms with E-state index in [0.717, 1.165) is 30.3 Å². The molecule has 0 saturated heterocycles. The normalized spacial score (nSPS) is 10.5. The number of likely N-dealkylation sites (N-methyl/N-ethyl adjacent to an activating group) is 1. The maximum absolute atomic E-state index is 8.76. The fourth-order valence-corrected chi connectivity index (χ4v) is 3.45. The van der Waals surface area contributed by atoms with E-state index in [-0.39, 0.29) is 6.61 Å². The third-order valence-electron chi connectivity index (χ3n) is 3.84. The van der Waals surface area contributed by atoms with Gasteiger partial charge in [0, 0.05) is 18.0 Å². The third-order valence-corrected chi connectivity index (χ3v) is 4.83. The smallest absolute Gasteiger partial charge is 0.125 e. The first kappa shape index (κ1) is 18.5. The summed E-state index contributed by atoms with van der Waals surface area (Å²) in [6, 6.07) is 10.4. The molecular formula is C20H25NO2S. The molecule has 24 heavy (non-hydrogen) atoms. The second kappa shape index (κ2) is 9.48. The van der Waals surface area contributed by atoms with Crippen molar-refractivity contribution < 1.29 is 9.84 Å². The summed E-state index contributed by atoms with van der Waals surface area (Å²) in [7, 11) is 0. The minimum absolute atomic E-state index is 0.0933. The number of aliphatic hydroxyl groups is 1. The van der Waals surface area contributed by atoms with Crippen LogP contribution in [0.25, 0.3) is 0 Å². The number of ether oxygens (including phenoxy) is 1. The minimum atomic E-state index is -0.0933. The number of aliphatic hydroxyl groups excluding tert-OH is 1. The van der Waals surface area contributed by atoms with Gasteiger partial charge >= 0.3 is 0 Å². The van der Waals surface area contributed by atoms with Crippen LogP contribution in [0.2, 0.25) is 0 Å². The molecule has 3 nitrogen and oxygen atoms in total. The summed E-state index contributed by atoms with van der Waals surface area (Å²) >= 11 is 1.68. The van der Waals surface area contributed by atoms with Crippen LogP contribution < -0.4 is 4.74 Å². The van der Waals surface area contributed by atoms with Crippen molar-refractivity contribution in [2.75, 3.05) is 26.3 Å². The summed E-state index contributed by atoms with van der Waals surface area (Å²) < 4.78 is 6.01. The van der Waals surface area contributed by atoms with E-state index in [1.165, 1.54) is 16.0 Å². The fourth-order valence-electron chi connectivity index (χ4n) is 2.53. The maximum atomic E-state index is 8.76. The third kappa shape index (κ3) is 5.38. The van der Waals surface area contributed by atoms with Gasteiger partial charge in [-0.2, -0.15) is 0 Å². The van der Waals surface area contributed by atoms with Gasteiger partial charge in [0.1, 0.15) is 19.0 Å². The number of rotatable bonds is 7. The van der Waals surface area contributed by atoms with E-state index in [1.807, 2.05) is 6.07 Å². The Balaban J connectivity index is 1.87. The van der Waals surface area contributed by atoms with Crippen molar-refractivity contribution in [3.8, 4) is 17.6 Å². The van der Waals surface area contributed by atoms with Crippen LogP contribution >= 0.6 is 11.3 Å². The second-order valence-electron chi connectivity index (χ2n) is 5.66. The topological polar surface area (TPSA) is 32.7 Å². The summed E-state index contributed by atoms with van der Waals surface area (Å²) in [5, 5.41) is 8.76. The number of aryl methyl sites for hydroxylation is 2. The van der Waals surface area contributed by atoms with Crippen molar-refractivity contribution in [2.45, 2.75) is 27.3 Å². The number of thiophene rings is 1. The van der Waals surface area contributed by atoms with Crippen molar-refractivity contribution in [3.05, 3.63) is 51.2 Å². The Bertz CT molecular complexity index is 692. The van der Waals surface area contributed by atoms with Crippen molar-refractivity contribution in [2.24, 2.45) is 0 Å². The SMILES string of the molecule is CCN(CCOc1c(C)cccc1C)Cc1ccc(C#CCO)s1. The van der Waals surface area contributed by atoms with Crippen LogP contribution in [0.1, 0.15) is 27.8 Å². The molecule has 2 rings (SSSR count). The van der Waals surface area contributed by atoms with E-state index >= 15 is 0 Å².